The molecule has 0 aromatic carbocycles. The van der Waals surface area contributed by atoms with Crippen LogP contribution in [0, 0.1) is 0 Å². The molecule has 1 heterocycles. The molecule has 1 fully saturated rings. The second kappa shape index (κ2) is 4.42. The molecule has 1 rings (SSSR count). The largest absolute Gasteiger partial charge is 0.372 e. The van der Waals surface area contributed by atoms with E-state index in [1.807, 2.05) is 0 Å². The molecule has 4 heteroatoms. The first-order chi connectivity index (χ1) is 5.75. The molecule has 4 nitrogen and oxygen atoms in total. The first kappa shape index (κ1) is 9.48. The fraction of sp³-hybridized carbons (Fsp3) is 0.875. The van der Waals surface area contributed by atoms with E-state index in [1.165, 1.54) is 0 Å². The summed E-state index contributed by atoms with van der Waals surface area (Å²) in [6.45, 7) is 4.79. The van der Waals surface area contributed by atoms with Crippen molar-refractivity contribution in [3.8, 4) is 0 Å². The number of carbonyl (C=O) groups is 1. The highest BCUT2D eigenvalue weighted by Crippen LogP contribution is 2.00. The number of hydrogen-bond acceptors (Lipinski definition) is 2. The van der Waals surface area contributed by atoms with Gasteiger partial charge >= 0.3 is 0 Å². The van der Waals surface area contributed by atoms with Crippen molar-refractivity contribution in [3.63, 3.8) is 0 Å². The normalized spacial score (nSPS) is 20.7. The van der Waals surface area contributed by atoms with Crippen molar-refractivity contribution >= 4 is 5.91 Å². The van der Waals surface area contributed by atoms with E-state index in [0.29, 0.717) is 0 Å². The van der Waals surface area contributed by atoms with Crippen molar-refractivity contribution in [2.24, 2.45) is 0 Å². The van der Waals surface area contributed by atoms with Crippen LogP contribution in [0.2, 0.25) is 0 Å². The van der Waals surface area contributed by atoms with Crippen LogP contribution in [-0.4, -0.2) is 50.2 Å². The Kier molecular flexibility index (Phi) is 3.49. The van der Waals surface area contributed by atoms with Crippen molar-refractivity contribution in [1.82, 2.24) is 10.2 Å². The third-order valence-corrected chi connectivity index (χ3v) is 2.07. The number of piperazine rings is 1. The summed E-state index contributed by atoms with van der Waals surface area (Å²) in [6, 6.07) is 0. The Bertz CT molecular complexity index is 155. The van der Waals surface area contributed by atoms with Gasteiger partial charge < -0.3 is 9.64 Å². The van der Waals surface area contributed by atoms with Gasteiger partial charge in [-0.05, 0) is 6.92 Å². The van der Waals surface area contributed by atoms with Gasteiger partial charge in [0, 0.05) is 33.3 Å². The monoisotopic (exact) mass is 171 g/mol. The van der Waals surface area contributed by atoms with Crippen LogP contribution in [-0.2, 0) is 9.53 Å². The third kappa shape index (κ3) is 2.19. The fourth-order valence-electron chi connectivity index (χ4n) is 1.18. The Hall–Kier alpha value is -0.610. The average Bonchev–Trinajstić information content (AvgIpc) is 2.17. The smallest absolute Gasteiger partial charge is 0.251 e. The van der Waals surface area contributed by atoms with E-state index in [9.17, 15) is 4.79 Å². The minimum atomic E-state index is -0.317. The Labute approximate surface area is 72.9 Å². The molecule has 0 N–H and O–H groups in total. The van der Waals surface area contributed by atoms with Gasteiger partial charge in [-0.15, -0.1) is 0 Å². The molecule has 0 spiro atoms. The second-order valence-corrected chi connectivity index (χ2v) is 2.87. The molecule has 1 saturated heterocycles. The van der Waals surface area contributed by atoms with Gasteiger partial charge in [-0.3, -0.25) is 4.79 Å². The lowest BCUT2D eigenvalue weighted by Crippen LogP contribution is -2.47. The molecule has 12 heavy (non-hydrogen) atoms. The highest BCUT2D eigenvalue weighted by molar-refractivity contribution is 5.80. The van der Waals surface area contributed by atoms with Crippen LogP contribution in [0.25, 0.3) is 0 Å². The topological polar surface area (TPSA) is 43.6 Å². The predicted molar refractivity (Wildman–Crippen MR) is 44.9 cm³/mol. The molecule has 1 radical (unpaired) electrons. The molecule has 69 valence electrons. The van der Waals surface area contributed by atoms with Crippen LogP contribution in [0.3, 0.4) is 0 Å². The minimum Gasteiger partial charge on any atom is -0.372 e. The van der Waals surface area contributed by atoms with E-state index in [0.717, 1.165) is 26.2 Å². The van der Waals surface area contributed by atoms with Gasteiger partial charge in [0.1, 0.15) is 6.10 Å². The summed E-state index contributed by atoms with van der Waals surface area (Å²) in [5.74, 6) is 0.0763. The third-order valence-electron chi connectivity index (χ3n) is 2.07. The van der Waals surface area contributed by atoms with E-state index in [-0.39, 0.29) is 12.0 Å². The van der Waals surface area contributed by atoms with E-state index >= 15 is 0 Å². The molecule has 1 aliphatic heterocycles. The van der Waals surface area contributed by atoms with Gasteiger partial charge in [-0.25, -0.2) is 5.32 Å². The quantitative estimate of drug-likeness (QED) is 0.560. The van der Waals surface area contributed by atoms with Crippen LogP contribution < -0.4 is 5.32 Å². The standard InChI is InChI=1S/C8H15N2O2/c1-7(12-2)8(11)10-5-3-9-4-6-10/h7H,3-6H2,1-2H3/t7-/m0/s1. The summed E-state index contributed by atoms with van der Waals surface area (Å²) < 4.78 is 4.94. The second-order valence-electron chi connectivity index (χ2n) is 2.87. The Morgan fingerprint density at radius 3 is 2.58 bits per heavy atom. The maximum absolute atomic E-state index is 11.5. The zero-order valence-corrected chi connectivity index (χ0v) is 7.62. The molecule has 0 bridgehead atoms. The number of hydrogen-bond donors (Lipinski definition) is 0. The Morgan fingerprint density at radius 2 is 2.08 bits per heavy atom. The van der Waals surface area contributed by atoms with Crippen LogP contribution in [0.1, 0.15) is 6.92 Å². The molecule has 0 aliphatic carbocycles. The summed E-state index contributed by atoms with van der Waals surface area (Å²) in [5, 5.41) is 4.16. The van der Waals surface area contributed by atoms with Crippen LogP contribution >= 0.6 is 0 Å². The lowest BCUT2D eigenvalue weighted by Gasteiger charge is -2.28. The summed E-state index contributed by atoms with van der Waals surface area (Å²) in [6.07, 6.45) is -0.317. The number of rotatable bonds is 2. The molecule has 0 aromatic heterocycles. The summed E-state index contributed by atoms with van der Waals surface area (Å²) >= 11 is 0. The average molecular weight is 171 g/mol. The SMILES string of the molecule is CO[C@@H](C)C(=O)N1CC[N]CC1. The highest BCUT2D eigenvalue weighted by Gasteiger charge is 2.21. The van der Waals surface area contributed by atoms with E-state index in [1.54, 1.807) is 18.9 Å². The maximum atomic E-state index is 11.5. The molecular weight excluding hydrogens is 156 g/mol. The molecule has 1 atom stereocenters. The van der Waals surface area contributed by atoms with E-state index in [4.69, 9.17) is 4.74 Å². The lowest BCUT2D eigenvalue weighted by atomic mass is 10.3. The minimum absolute atomic E-state index is 0.0763. The van der Waals surface area contributed by atoms with Crippen LogP contribution in [0.15, 0.2) is 0 Å². The number of amides is 1. The van der Waals surface area contributed by atoms with Crippen molar-refractivity contribution < 1.29 is 9.53 Å². The number of ether oxygens (including phenoxy) is 1. The van der Waals surface area contributed by atoms with E-state index in [2.05, 4.69) is 5.32 Å². The molecule has 1 amide bonds. The van der Waals surface area contributed by atoms with Gasteiger partial charge in [0.15, 0.2) is 0 Å². The summed E-state index contributed by atoms with van der Waals surface area (Å²) in [7, 11) is 1.55. The molecule has 1 aliphatic rings. The Morgan fingerprint density at radius 1 is 1.50 bits per heavy atom. The first-order valence-electron chi connectivity index (χ1n) is 4.20. The molecule has 0 aromatic rings. The van der Waals surface area contributed by atoms with Crippen molar-refractivity contribution in [2.45, 2.75) is 13.0 Å². The molecular formula is C8H15N2O2. The van der Waals surface area contributed by atoms with Crippen molar-refractivity contribution in [1.29, 1.82) is 0 Å². The zero-order chi connectivity index (χ0) is 8.97. The summed E-state index contributed by atoms with van der Waals surface area (Å²) in [4.78, 5) is 13.3. The van der Waals surface area contributed by atoms with Gasteiger partial charge in [0.25, 0.3) is 5.91 Å². The number of nitrogens with zero attached hydrogens (tertiary/aromatic N) is 2. The first-order valence-corrected chi connectivity index (χ1v) is 4.20. The highest BCUT2D eigenvalue weighted by atomic mass is 16.5. The van der Waals surface area contributed by atoms with Gasteiger partial charge in [-0.1, -0.05) is 0 Å². The summed E-state index contributed by atoms with van der Waals surface area (Å²) in [5.41, 5.74) is 0. The molecule has 0 saturated carbocycles. The van der Waals surface area contributed by atoms with Crippen molar-refractivity contribution in [3.05, 3.63) is 0 Å². The van der Waals surface area contributed by atoms with Gasteiger partial charge in [0.2, 0.25) is 0 Å². The van der Waals surface area contributed by atoms with Gasteiger partial charge in [0.05, 0.1) is 0 Å². The van der Waals surface area contributed by atoms with Crippen molar-refractivity contribution in [2.75, 3.05) is 33.3 Å². The Balaban J connectivity index is 2.39. The van der Waals surface area contributed by atoms with Crippen LogP contribution in [0.5, 0.6) is 0 Å². The lowest BCUT2D eigenvalue weighted by molar-refractivity contribution is -0.141. The maximum Gasteiger partial charge on any atom is 0.251 e. The number of carbonyl (C=O) groups excluding carboxylic acids is 1. The van der Waals surface area contributed by atoms with Crippen LogP contribution in [0.4, 0.5) is 0 Å². The van der Waals surface area contributed by atoms with Gasteiger partial charge in [-0.2, -0.15) is 0 Å². The molecule has 0 unspecified atom stereocenters. The predicted octanol–water partition coefficient (Wildman–Crippen LogP) is -0.532. The fourth-order valence-corrected chi connectivity index (χ4v) is 1.18. The number of methoxy groups -OCH3 is 1. The zero-order valence-electron chi connectivity index (χ0n) is 7.62. The van der Waals surface area contributed by atoms with E-state index < -0.39 is 0 Å².